The topological polar surface area (TPSA) is 138 Å². The van der Waals surface area contributed by atoms with E-state index in [0.717, 1.165) is 47.3 Å². The number of aromatic amines is 1. The molecule has 1 N–H and O–H groups in total. The van der Waals surface area contributed by atoms with Crippen molar-refractivity contribution in [2.75, 3.05) is 0 Å². The Morgan fingerprint density at radius 2 is 1.86 bits per heavy atom. The maximum atomic E-state index is 13.4. The summed E-state index contributed by atoms with van der Waals surface area (Å²) in [5, 5.41) is 25.9. The van der Waals surface area contributed by atoms with Crippen molar-refractivity contribution in [1.29, 1.82) is 0 Å². The van der Waals surface area contributed by atoms with Crippen LogP contribution in [0.25, 0.3) is 28.6 Å². The van der Waals surface area contributed by atoms with Crippen LogP contribution in [0, 0.1) is 0 Å². The van der Waals surface area contributed by atoms with Crippen LogP contribution in [0.2, 0.25) is 0 Å². The van der Waals surface area contributed by atoms with Gasteiger partial charge in [0.25, 0.3) is 5.95 Å². The van der Waals surface area contributed by atoms with E-state index in [-0.39, 0.29) is 5.69 Å². The normalized spacial score (nSPS) is 11.3. The lowest BCUT2D eigenvalue weighted by molar-refractivity contribution is 0.603. The van der Waals surface area contributed by atoms with E-state index < -0.39 is 0 Å². The van der Waals surface area contributed by atoms with E-state index in [4.69, 9.17) is 0 Å². The molecule has 4 aromatic heterocycles. The van der Waals surface area contributed by atoms with Gasteiger partial charge in [-0.1, -0.05) is 48.8 Å². The average molecular weight is 472 g/mol. The summed E-state index contributed by atoms with van der Waals surface area (Å²) in [6.45, 7) is 5.04. The zero-order valence-electron chi connectivity index (χ0n) is 19.5. The summed E-state index contributed by atoms with van der Waals surface area (Å²) in [6, 6.07) is 11.7. The molecule has 0 fully saturated rings. The Hall–Kier alpha value is -4.48. The van der Waals surface area contributed by atoms with Gasteiger partial charge in [0.15, 0.2) is 5.82 Å². The van der Waals surface area contributed by atoms with Gasteiger partial charge in [0.05, 0.1) is 12.2 Å². The predicted molar refractivity (Wildman–Crippen MR) is 128 cm³/mol. The molecule has 12 nitrogen and oxygen atoms in total. The van der Waals surface area contributed by atoms with Crippen molar-refractivity contribution in [3.8, 4) is 28.6 Å². The van der Waals surface area contributed by atoms with Crippen LogP contribution in [-0.4, -0.2) is 54.9 Å². The molecule has 0 unspecified atom stereocenters. The lowest BCUT2D eigenvalue weighted by Gasteiger charge is -2.09. The molecule has 0 aliphatic heterocycles. The van der Waals surface area contributed by atoms with Gasteiger partial charge in [-0.05, 0) is 52.2 Å². The Bertz CT molecular complexity index is 1460. The highest BCUT2D eigenvalue weighted by atomic mass is 16.2. The van der Waals surface area contributed by atoms with Gasteiger partial charge in [-0.2, -0.15) is 0 Å². The highest BCUT2D eigenvalue weighted by molar-refractivity contribution is 5.78. The van der Waals surface area contributed by atoms with Gasteiger partial charge in [0, 0.05) is 35.8 Å². The Morgan fingerprint density at radius 1 is 1.00 bits per heavy atom. The number of aryl methyl sites for hydroxylation is 2. The maximum absolute atomic E-state index is 13.4. The van der Waals surface area contributed by atoms with E-state index in [9.17, 15) is 4.79 Å². The van der Waals surface area contributed by atoms with Crippen LogP contribution in [-0.2, 0) is 19.5 Å². The summed E-state index contributed by atoms with van der Waals surface area (Å²) in [5.74, 6) is 0.996. The maximum Gasteiger partial charge on any atom is 0.335 e. The molecule has 0 amide bonds. The lowest BCUT2D eigenvalue weighted by Crippen LogP contribution is -2.26. The van der Waals surface area contributed by atoms with Gasteiger partial charge in [-0.15, -0.1) is 5.10 Å². The van der Waals surface area contributed by atoms with Gasteiger partial charge in [-0.25, -0.2) is 19.1 Å². The molecule has 1 aromatic carbocycles. The molecule has 0 atom stereocenters. The molecular weight excluding hydrogens is 446 g/mol. The van der Waals surface area contributed by atoms with Gasteiger partial charge < -0.3 is 0 Å². The molecule has 4 heterocycles. The van der Waals surface area contributed by atoms with Crippen LogP contribution < -0.4 is 5.69 Å². The average Bonchev–Trinajstić information content (AvgIpc) is 3.65. The molecule has 0 saturated carbocycles. The zero-order valence-corrected chi connectivity index (χ0v) is 19.5. The molecule has 0 bridgehead atoms. The summed E-state index contributed by atoms with van der Waals surface area (Å²) in [5.41, 5.74) is 4.25. The van der Waals surface area contributed by atoms with Gasteiger partial charge in [0.2, 0.25) is 0 Å². The fourth-order valence-electron chi connectivity index (χ4n) is 4.02. The van der Waals surface area contributed by atoms with Crippen LogP contribution in [0.4, 0.5) is 0 Å². The third-order valence-electron chi connectivity index (χ3n) is 5.85. The van der Waals surface area contributed by atoms with E-state index in [1.54, 1.807) is 15.4 Å². The van der Waals surface area contributed by atoms with Crippen molar-refractivity contribution in [3.05, 3.63) is 70.5 Å². The van der Waals surface area contributed by atoms with Crippen LogP contribution in [0.3, 0.4) is 0 Å². The highest BCUT2D eigenvalue weighted by Gasteiger charge is 2.17. The summed E-state index contributed by atoms with van der Waals surface area (Å²) in [6.07, 6.45) is 6.44. The zero-order chi connectivity index (χ0) is 24.2. The molecule has 178 valence electrons. The quantitative estimate of drug-likeness (QED) is 0.346. The van der Waals surface area contributed by atoms with Crippen molar-refractivity contribution >= 4 is 0 Å². The smallest absolute Gasteiger partial charge is 0.291 e. The van der Waals surface area contributed by atoms with Gasteiger partial charge in [-0.3, -0.25) is 9.55 Å². The second kappa shape index (κ2) is 9.79. The Morgan fingerprint density at radius 3 is 2.57 bits per heavy atom. The van der Waals surface area contributed by atoms with Crippen LogP contribution in [0.1, 0.15) is 37.9 Å². The Balaban J connectivity index is 1.47. The van der Waals surface area contributed by atoms with Gasteiger partial charge >= 0.3 is 5.69 Å². The number of hydrogen-bond acceptors (Lipinski definition) is 8. The molecule has 12 heteroatoms. The number of pyridine rings is 1. The third-order valence-corrected chi connectivity index (χ3v) is 5.85. The summed E-state index contributed by atoms with van der Waals surface area (Å²) >= 11 is 0. The van der Waals surface area contributed by atoms with Crippen molar-refractivity contribution < 1.29 is 0 Å². The van der Waals surface area contributed by atoms with Crippen molar-refractivity contribution in [2.24, 2.45) is 0 Å². The number of rotatable bonds is 9. The number of nitrogens with zero attached hydrogens (tertiary/aromatic N) is 10. The number of imidazole rings is 1. The van der Waals surface area contributed by atoms with Crippen molar-refractivity contribution in [3.63, 3.8) is 0 Å². The molecular formula is C23H25N11O. The first-order valence-electron chi connectivity index (χ1n) is 11.6. The SMILES string of the molecule is CCCCc1cn(-c2nnnn2CC)c(=O)n1Cc1ccc(-c2ccccc2-c2nnn[nH]2)nc1. The van der Waals surface area contributed by atoms with E-state index >= 15 is 0 Å². The summed E-state index contributed by atoms with van der Waals surface area (Å²) in [4.78, 5) is 18.0. The fourth-order valence-corrected chi connectivity index (χ4v) is 4.02. The standard InChI is InChI=1S/C23H25N11O/c1-3-5-8-17-15-33(22-27-30-31-34(22)4-2)23(35)32(17)14-16-11-12-20(24-13-16)18-9-6-7-10-19(18)21-25-28-29-26-21/h6-7,9-13,15H,3-5,8,14H2,1-2H3,(H,25,26,28,29). The molecule has 5 rings (SSSR count). The number of unbranched alkanes of at least 4 members (excludes halogenated alkanes) is 1. The van der Waals surface area contributed by atoms with Crippen LogP contribution in [0.5, 0.6) is 0 Å². The summed E-state index contributed by atoms with van der Waals surface area (Å²) in [7, 11) is 0. The van der Waals surface area contributed by atoms with Crippen molar-refractivity contribution in [1.82, 2.24) is 54.9 Å². The number of hydrogen-bond donors (Lipinski definition) is 1. The first-order valence-corrected chi connectivity index (χ1v) is 11.6. The lowest BCUT2D eigenvalue weighted by atomic mass is 10.0. The minimum Gasteiger partial charge on any atom is -0.291 e. The Labute approximate surface area is 200 Å². The number of aromatic nitrogens is 11. The number of nitrogens with one attached hydrogen (secondary N) is 1. The minimum absolute atomic E-state index is 0.173. The van der Waals surface area contributed by atoms with E-state index in [1.807, 2.05) is 49.5 Å². The molecule has 0 aliphatic rings. The third kappa shape index (κ3) is 4.37. The molecule has 0 saturated heterocycles. The van der Waals surface area contributed by atoms with Gasteiger partial charge in [0.1, 0.15) is 0 Å². The van der Waals surface area contributed by atoms with E-state index in [1.165, 1.54) is 4.57 Å². The van der Waals surface area contributed by atoms with Crippen LogP contribution in [0.15, 0.2) is 53.6 Å². The largest absolute Gasteiger partial charge is 0.335 e. The minimum atomic E-state index is -0.173. The van der Waals surface area contributed by atoms with E-state index in [0.29, 0.717) is 24.9 Å². The predicted octanol–water partition coefficient (Wildman–Crippen LogP) is 2.28. The monoisotopic (exact) mass is 471 g/mol. The molecule has 5 aromatic rings. The van der Waals surface area contributed by atoms with Crippen LogP contribution >= 0.6 is 0 Å². The number of benzene rings is 1. The Kier molecular flexibility index (Phi) is 6.24. The van der Waals surface area contributed by atoms with E-state index in [2.05, 4.69) is 48.1 Å². The molecule has 35 heavy (non-hydrogen) atoms. The second-order valence-electron chi connectivity index (χ2n) is 8.10. The first kappa shape index (κ1) is 22.3. The molecule has 0 aliphatic carbocycles. The number of tetrazole rings is 2. The molecule has 0 spiro atoms. The fraction of sp³-hybridized carbons (Fsp3) is 0.304. The first-order chi connectivity index (χ1) is 17.2. The second-order valence-corrected chi connectivity index (χ2v) is 8.10. The summed E-state index contributed by atoms with van der Waals surface area (Å²) < 4.78 is 4.90. The highest BCUT2D eigenvalue weighted by Crippen LogP contribution is 2.28. The van der Waals surface area contributed by atoms with Crippen molar-refractivity contribution in [2.45, 2.75) is 46.2 Å². The molecule has 0 radical (unpaired) electrons. The number of H-pyrrole nitrogens is 1.